The van der Waals surface area contributed by atoms with Crippen molar-refractivity contribution in [3.05, 3.63) is 70.8 Å². The summed E-state index contributed by atoms with van der Waals surface area (Å²) >= 11 is 7.85. The molecule has 4 aromatic rings. The van der Waals surface area contributed by atoms with Crippen molar-refractivity contribution in [2.45, 2.75) is 13.8 Å². The molecule has 2 aromatic heterocycles. The van der Waals surface area contributed by atoms with Gasteiger partial charge in [0.05, 0.1) is 5.39 Å². The van der Waals surface area contributed by atoms with Crippen LogP contribution in [0.2, 0.25) is 5.28 Å². The molecule has 0 saturated heterocycles. The minimum atomic E-state index is 0.277. The summed E-state index contributed by atoms with van der Waals surface area (Å²) in [5.74, 6) is 0.852. The topological polar surface area (TPSA) is 29.0 Å². The first-order valence-electron chi connectivity index (χ1n) is 8.51. The van der Waals surface area contributed by atoms with Gasteiger partial charge in [-0.2, -0.15) is 4.98 Å². The Hall–Kier alpha value is -2.43. The number of thiophene rings is 1. The van der Waals surface area contributed by atoms with Crippen LogP contribution in [-0.4, -0.2) is 16.5 Å². The zero-order chi connectivity index (χ0) is 18.1. The molecule has 0 radical (unpaired) electrons. The number of aryl methyl sites for hydroxylation is 1. The fourth-order valence-corrected chi connectivity index (χ4v) is 4.26. The zero-order valence-electron chi connectivity index (χ0n) is 14.6. The van der Waals surface area contributed by atoms with E-state index >= 15 is 0 Å². The molecule has 0 atom stereocenters. The van der Waals surface area contributed by atoms with Crippen molar-refractivity contribution in [3.63, 3.8) is 0 Å². The van der Waals surface area contributed by atoms with Crippen molar-refractivity contribution in [2.24, 2.45) is 0 Å². The van der Waals surface area contributed by atoms with Crippen LogP contribution in [0.1, 0.15) is 12.5 Å². The number of rotatable bonds is 4. The minimum Gasteiger partial charge on any atom is -0.326 e. The molecule has 0 spiro atoms. The zero-order valence-corrected chi connectivity index (χ0v) is 16.2. The van der Waals surface area contributed by atoms with Crippen LogP contribution in [-0.2, 0) is 0 Å². The summed E-state index contributed by atoms with van der Waals surface area (Å²) < 4.78 is 0. The molecule has 2 aromatic carbocycles. The second-order valence-electron chi connectivity index (χ2n) is 6.09. The SMILES string of the molecule is CCN(c1ccccc1)c1nc(Cl)nc2scc(-c3ccc(C)cc3)c12. The van der Waals surface area contributed by atoms with Crippen molar-refractivity contribution < 1.29 is 0 Å². The van der Waals surface area contributed by atoms with Crippen LogP contribution in [0.25, 0.3) is 21.3 Å². The van der Waals surface area contributed by atoms with Crippen molar-refractivity contribution in [2.75, 3.05) is 11.4 Å². The Morgan fingerprint density at radius 2 is 1.73 bits per heavy atom. The van der Waals surface area contributed by atoms with E-state index < -0.39 is 0 Å². The van der Waals surface area contributed by atoms with Crippen LogP contribution in [0.5, 0.6) is 0 Å². The Bertz CT molecular complexity index is 1040. The van der Waals surface area contributed by atoms with Gasteiger partial charge in [0.2, 0.25) is 5.28 Å². The Labute approximate surface area is 161 Å². The van der Waals surface area contributed by atoms with Gasteiger partial charge in [-0.3, -0.25) is 0 Å². The highest BCUT2D eigenvalue weighted by atomic mass is 35.5. The highest BCUT2D eigenvalue weighted by molar-refractivity contribution is 7.17. The van der Waals surface area contributed by atoms with E-state index in [1.54, 1.807) is 11.3 Å². The number of hydrogen-bond acceptors (Lipinski definition) is 4. The predicted octanol–water partition coefficient (Wildman–Crippen LogP) is 6.48. The van der Waals surface area contributed by atoms with Crippen LogP contribution >= 0.6 is 22.9 Å². The first-order valence-corrected chi connectivity index (χ1v) is 9.77. The molecule has 0 aliphatic carbocycles. The number of anilines is 2. The van der Waals surface area contributed by atoms with E-state index in [1.165, 1.54) is 5.56 Å². The molecule has 0 N–H and O–H groups in total. The van der Waals surface area contributed by atoms with E-state index in [4.69, 9.17) is 11.6 Å². The van der Waals surface area contributed by atoms with Gasteiger partial charge >= 0.3 is 0 Å². The maximum Gasteiger partial charge on any atom is 0.225 e. The third kappa shape index (κ3) is 3.06. The van der Waals surface area contributed by atoms with Gasteiger partial charge in [-0.1, -0.05) is 48.0 Å². The van der Waals surface area contributed by atoms with Crippen LogP contribution in [0.4, 0.5) is 11.5 Å². The monoisotopic (exact) mass is 379 g/mol. The molecular formula is C21H18ClN3S. The van der Waals surface area contributed by atoms with Crippen LogP contribution in [0.15, 0.2) is 60.0 Å². The molecule has 0 saturated carbocycles. The number of aromatic nitrogens is 2. The molecule has 130 valence electrons. The molecule has 0 aliphatic rings. The lowest BCUT2D eigenvalue weighted by atomic mass is 10.0. The third-order valence-electron chi connectivity index (χ3n) is 4.39. The molecule has 0 unspecified atom stereocenters. The number of halogens is 1. The van der Waals surface area contributed by atoms with E-state index in [0.717, 1.165) is 39.4 Å². The van der Waals surface area contributed by atoms with Gasteiger partial charge < -0.3 is 4.90 Å². The molecule has 0 fully saturated rings. The summed E-state index contributed by atoms with van der Waals surface area (Å²) in [5, 5.41) is 3.47. The minimum absolute atomic E-state index is 0.277. The molecule has 3 nitrogen and oxygen atoms in total. The maximum absolute atomic E-state index is 6.25. The number of para-hydroxylation sites is 1. The van der Waals surface area contributed by atoms with Gasteiger partial charge in [0.1, 0.15) is 10.6 Å². The fourth-order valence-electron chi connectivity index (χ4n) is 3.10. The summed E-state index contributed by atoms with van der Waals surface area (Å²) in [6.07, 6.45) is 0. The molecule has 0 amide bonds. The average Bonchev–Trinajstić information content (AvgIpc) is 3.07. The molecule has 0 aliphatic heterocycles. The van der Waals surface area contributed by atoms with Gasteiger partial charge in [-0.05, 0) is 43.1 Å². The lowest BCUT2D eigenvalue weighted by Gasteiger charge is -2.23. The van der Waals surface area contributed by atoms with Gasteiger partial charge in [0.15, 0.2) is 0 Å². The van der Waals surface area contributed by atoms with Crippen LogP contribution in [0.3, 0.4) is 0 Å². The Morgan fingerprint density at radius 3 is 2.42 bits per heavy atom. The van der Waals surface area contributed by atoms with Gasteiger partial charge in [-0.25, -0.2) is 4.98 Å². The summed E-state index contributed by atoms with van der Waals surface area (Å²) in [5.41, 5.74) is 4.64. The molecular weight excluding hydrogens is 362 g/mol. The van der Waals surface area contributed by atoms with Gasteiger partial charge in [0.25, 0.3) is 0 Å². The summed E-state index contributed by atoms with van der Waals surface area (Å²) in [6, 6.07) is 18.8. The number of nitrogens with zero attached hydrogens (tertiary/aromatic N) is 3. The quantitative estimate of drug-likeness (QED) is 0.380. The second-order valence-corrected chi connectivity index (χ2v) is 7.29. The van der Waals surface area contributed by atoms with Gasteiger partial charge in [-0.15, -0.1) is 11.3 Å². The van der Waals surface area contributed by atoms with Crippen molar-refractivity contribution >= 4 is 44.7 Å². The predicted molar refractivity (Wildman–Crippen MR) is 112 cm³/mol. The Balaban J connectivity index is 1.96. The highest BCUT2D eigenvalue weighted by Gasteiger charge is 2.19. The molecule has 5 heteroatoms. The van der Waals surface area contributed by atoms with E-state index in [2.05, 4.69) is 70.5 Å². The first kappa shape index (κ1) is 17.0. The standard InChI is InChI=1S/C21H18ClN3S/c1-3-25(16-7-5-4-6-8-16)19-18-17(15-11-9-14(2)10-12-15)13-26-20(18)24-21(22)23-19/h4-13H,3H2,1-2H3. The summed E-state index contributed by atoms with van der Waals surface area (Å²) in [4.78, 5) is 12.2. The molecule has 0 bridgehead atoms. The number of fused-ring (bicyclic) bond motifs is 1. The van der Waals surface area contributed by atoms with Crippen molar-refractivity contribution in [3.8, 4) is 11.1 Å². The third-order valence-corrected chi connectivity index (χ3v) is 5.43. The number of hydrogen-bond donors (Lipinski definition) is 0. The normalized spacial score (nSPS) is 11.0. The van der Waals surface area contributed by atoms with E-state index in [0.29, 0.717) is 0 Å². The Morgan fingerprint density at radius 1 is 1.00 bits per heavy atom. The van der Waals surface area contributed by atoms with E-state index in [1.807, 2.05) is 18.2 Å². The maximum atomic E-state index is 6.25. The summed E-state index contributed by atoms with van der Waals surface area (Å²) in [7, 11) is 0. The van der Waals surface area contributed by atoms with Crippen molar-refractivity contribution in [1.82, 2.24) is 9.97 Å². The van der Waals surface area contributed by atoms with Crippen molar-refractivity contribution in [1.29, 1.82) is 0 Å². The molecule has 2 heterocycles. The Kier molecular flexibility index (Phi) is 4.62. The molecule has 26 heavy (non-hydrogen) atoms. The largest absolute Gasteiger partial charge is 0.326 e. The van der Waals surface area contributed by atoms with Crippen LogP contribution < -0.4 is 4.90 Å². The lowest BCUT2D eigenvalue weighted by molar-refractivity contribution is 0.991. The number of benzene rings is 2. The second kappa shape index (κ2) is 7.06. The smallest absolute Gasteiger partial charge is 0.225 e. The van der Waals surface area contributed by atoms with Crippen LogP contribution in [0, 0.1) is 6.92 Å². The summed E-state index contributed by atoms with van der Waals surface area (Å²) in [6.45, 7) is 5.00. The van der Waals surface area contributed by atoms with E-state index in [-0.39, 0.29) is 5.28 Å². The highest BCUT2D eigenvalue weighted by Crippen LogP contribution is 2.40. The van der Waals surface area contributed by atoms with E-state index in [9.17, 15) is 0 Å². The van der Waals surface area contributed by atoms with Gasteiger partial charge in [0, 0.05) is 23.2 Å². The molecule has 4 rings (SSSR count). The first-order chi connectivity index (χ1) is 12.7. The average molecular weight is 380 g/mol. The lowest BCUT2D eigenvalue weighted by Crippen LogP contribution is -2.18. The fraction of sp³-hybridized carbons (Fsp3) is 0.143.